The molecule has 2 atom stereocenters. The monoisotopic (exact) mass is 390 g/mol. The molecule has 6 heteroatoms. The van der Waals surface area contributed by atoms with Crippen LogP contribution in [-0.2, 0) is 6.42 Å². The van der Waals surface area contributed by atoms with Crippen molar-refractivity contribution in [2.75, 3.05) is 0 Å². The van der Waals surface area contributed by atoms with E-state index in [1.807, 2.05) is 16.9 Å². The molecule has 0 bridgehead atoms. The van der Waals surface area contributed by atoms with Crippen LogP contribution >= 0.6 is 31.9 Å². The van der Waals surface area contributed by atoms with E-state index in [0.29, 0.717) is 22.9 Å². The van der Waals surface area contributed by atoms with E-state index in [9.17, 15) is 5.11 Å². The van der Waals surface area contributed by atoms with Gasteiger partial charge in [-0.3, -0.25) is 4.68 Å². The average molecular weight is 392 g/mol. The lowest BCUT2D eigenvalue weighted by Gasteiger charge is -2.09. The molecule has 0 saturated heterocycles. The zero-order chi connectivity index (χ0) is 14.0. The number of furan rings is 1. The Labute approximate surface area is 129 Å². The van der Waals surface area contributed by atoms with Gasteiger partial charge in [-0.2, -0.15) is 5.10 Å². The van der Waals surface area contributed by atoms with Gasteiger partial charge in [0.15, 0.2) is 4.67 Å². The predicted octanol–water partition coefficient (Wildman–Crippen LogP) is 4.25. The van der Waals surface area contributed by atoms with Gasteiger partial charge < -0.3 is 9.52 Å². The Morgan fingerprint density at radius 1 is 1.47 bits per heavy atom. The largest absolute Gasteiger partial charge is 0.450 e. The standard InChI is InChI=1S/C13H16Br2N2O2/c1-3-8(2)17-5-4-9(16-17)6-11(18)12-7-10(14)13(15)19-12/h4-5,7-8,11,18H,3,6H2,1-2H3. The van der Waals surface area contributed by atoms with Crippen molar-refractivity contribution < 1.29 is 9.52 Å². The lowest BCUT2D eigenvalue weighted by atomic mass is 10.1. The molecule has 104 valence electrons. The van der Waals surface area contributed by atoms with E-state index in [2.05, 4.69) is 50.8 Å². The van der Waals surface area contributed by atoms with E-state index < -0.39 is 6.10 Å². The van der Waals surface area contributed by atoms with Gasteiger partial charge in [-0.05, 0) is 57.3 Å². The molecule has 0 radical (unpaired) electrons. The summed E-state index contributed by atoms with van der Waals surface area (Å²) in [6.07, 6.45) is 2.73. The maximum atomic E-state index is 10.1. The second kappa shape index (κ2) is 6.24. The van der Waals surface area contributed by atoms with Crippen molar-refractivity contribution >= 4 is 31.9 Å². The van der Waals surface area contributed by atoms with Crippen molar-refractivity contribution in [2.45, 2.75) is 38.8 Å². The predicted molar refractivity (Wildman–Crippen MR) is 80.0 cm³/mol. The summed E-state index contributed by atoms with van der Waals surface area (Å²) in [5.74, 6) is 0.525. The van der Waals surface area contributed by atoms with Crippen LogP contribution in [0.25, 0.3) is 0 Å². The molecule has 1 N–H and O–H groups in total. The van der Waals surface area contributed by atoms with Crippen LogP contribution in [0.4, 0.5) is 0 Å². The second-order valence-electron chi connectivity index (χ2n) is 4.53. The molecule has 0 aliphatic heterocycles. The van der Waals surface area contributed by atoms with Gasteiger partial charge in [0.25, 0.3) is 0 Å². The van der Waals surface area contributed by atoms with Crippen LogP contribution in [0, 0.1) is 0 Å². The fourth-order valence-electron chi connectivity index (χ4n) is 1.75. The van der Waals surface area contributed by atoms with E-state index in [1.54, 1.807) is 6.07 Å². The summed E-state index contributed by atoms with van der Waals surface area (Å²) in [6, 6.07) is 4.07. The zero-order valence-corrected chi connectivity index (χ0v) is 14.0. The molecule has 2 aromatic heterocycles. The van der Waals surface area contributed by atoms with Gasteiger partial charge in [-0.1, -0.05) is 6.92 Å². The van der Waals surface area contributed by atoms with Gasteiger partial charge >= 0.3 is 0 Å². The molecule has 2 aromatic rings. The molecular weight excluding hydrogens is 376 g/mol. The number of rotatable bonds is 5. The molecule has 2 heterocycles. The number of hydrogen-bond donors (Lipinski definition) is 1. The molecule has 0 aliphatic carbocycles. The minimum absolute atomic E-state index is 0.373. The summed E-state index contributed by atoms with van der Waals surface area (Å²) in [6.45, 7) is 4.24. The van der Waals surface area contributed by atoms with Crippen molar-refractivity contribution in [3.05, 3.63) is 38.9 Å². The summed E-state index contributed by atoms with van der Waals surface area (Å²) in [5.41, 5.74) is 0.858. The minimum Gasteiger partial charge on any atom is -0.450 e. The van der Waals surface area contributed by atoms with E-state index in [4.69, 9.17) is 4.42 Å². The topological polar surface area (TPSA) is 51.2 Å². The summed E-state index contributed by atoms with van der Waals surface area (Å²) < 4.78 is 8.72. The van der Waals surface area contributed by atoms with Crippen molar-refractivity contribution in [1.82, 2.24) is 9.78 Å². The molecule has 0 aromatic carbocycles. The average Bonchev–Trinajstić information content (AvgIpc) is 2.97. The minimum atomic E-state index is -0.692. The molecule has 4 nitrogen and oxygen atoms in total. The molecule has 0 fully saturated rings. The fraction of sp³-hybridized carbons (Fsp3) is 0.462. The van der Waals surface area contributed by atoms with Gasteiger partial charge in [0.05, 0.1) is 10.2 Å². The molecule has 2 rings (SSSR count). The highest BCUT2D eigenvalue weighted by Crippen LogP contribution is 2.31. The van der Waals surface area contributed by atoms with Gasteiger partial charge in [0.1, 0.15) is 11.9 Å². The Morgan fingerprint density at radius 3 is 2.79 bits per heavy atom. The van der Waals surface area contributed by atoms with Crippen LogP contribution in [0.3, 0.4) is 0 Å². The van der Waals surface area contributed by atoms with E-state index in [0.717, 1.165) is 16.6 Å². The summed E-state index contributed by atoms with van der Waals surface area (Å²) >= 11 is 6.59. The Bertz CT molecular complexity index is 531. The Morgan fingerprint density at radius 2 is 2.21 bits per heavy atom. The highest BCUT2D eigenvalue weighted by molar-refractivity contribution is 9.13. The lowest BCUT2D eigenvalue weighted by molar-refractivity contribution is 0.147. The van der Waals surface area contributed by atoms with E-state index in [1.165, 1.54) is 0 Å². The SMILES string of the molecule is CCC(C)n1ccc(CC(O)c2cc(Br)c(Br)o2)n1. The summed E-state index contributed by atoms with van der Waals surface area (Å²) in [5, 5.41) is 14.6. The second-order valence-corrected chi connectivity index (χ2v) is 6.11. The van der Waals surface area contributed by atoms with Crippen LogP contribution in [0.1, 0.15) is 43.9 Å². The number of aromatic nitrogens is 2. The Hall–Kier alpha value is -0.590. The Kier molecular flexibility index (Phi) is 4.86. The normalized spacial score (nSPS) is 14.6. The Balaban J connectivity index is 2.06. The number of aliphatic hydroxyl groups is 1. The van der Waals surface area contributed by atoms with Crippen LogP contribution < -0.4 is 0 Å². The number of hydrogen-bond acceptors (Lipinski definition) is 3. The van der Waals surface area contributed by atoms with Crippen molar-refractivity contribution in [1.29, 1.82) is 0 Å². The van der Waals surface area contributed by atoms with E-state index >= 15 is 0 Å². The molecule has 0 amide bonds. The summed E-state index contributed by atoms with van der Waals surface area (Å²) in [4.78, 5) is 0. The van der Waals surface area contributed by atoms with Gasteiger partial charge in [0.2, 0.25) is 0 Å². The molecule has 2 unspecified atom stereocenters. The molecule has 19 heavy (non-hydrogen) atoms. The van der Waals surface area contributed by atoms with Crippen LogP contribution in [-0.4, -0.2) is 14.9 Å². The van der Waals surface area contributed by atoms with Crippen LogP contribution in [0.5, 0.6) is 0 Å². The quantitative estimate of drug-likeness (QED) is 0.828. The van der Waals surface area contributed by atoms with Crippen molar-refractivity contribution in [2.24, 2.45) is 0 Å². The number of aliphatic hydroxyl groups excluding tert-OH is 1. The van der Waals surface area contributed by atoms with E-state index in [-0.39, 0.29) is 0 Å². The first kappa shape index (κ1) is 14.8. The number of halogens is 2. The van der Waals surface area contributed by atoms with Crippen LogP contribution in [0.2, 0.25) is 0 Å². The maximum Gasteiger partial charge on any atom is 0.183 e. The smallest absolute Gasteiger partial charge is 0.183 e. The fourth-order valence-corrected chi connectivity index (χ4v) is 2.35. The highest BCUT2D eigenvalue weighted by atomic mass is 79.9. The molecule has 0 spiro atoms. The third kappa shape index (κ3) is 3.49. The third-order valence-electron chi connectivity index (χ3n) is 3.10. The first-order valence-electron chi connectivity index (χ1n) is 6.18. The molecule has 0 aliphatic rings. The first-order valence-corrected chi connectivity index (χ1v) is 7.76. The van der Waals surface area contributed by atoms with Gasteiger partial charge in [-0.25, -0.2) is 0 Å². The van der Waals surface area contributed by atoms with Crippen molar-refractivity contribution in [3.63, 3.8) is 0 Å². The highest BCUT2D eigenvalue weighted by Gasteiger charge is 2.17. The van der Waals surface area contributed by atoms with Gasteiger partial charge in [-0.15, -0.1) is 0 Å². The zero-order valence-electron chi connectivity index (χ0n) is 10.8. The maximum absolute atomic E-state index is 10.1. The van der Waals surface area contributed by atoms with Crippen LogP contribution in [0.15, 0.2) is 31.9 Å². The summed E-state index contributed by atoms with van der Waals surface area (Å²) in [7, 11) is 0. The lowest BCUT2D eigenvalue weighted by Crippen LogP contribution is -2.06. The van der Waals surface area contributed by atoms with Crippen molar-refractivity contribution in [3.8, 4) is 0 Å². The first-order chi connectivity index (χ1) is 9.01. The molecule has 0 saturated carbocycles. The third-order valence-corrected chi connectivity index (χ3v) is 4.81. The number of nitrogens with zero attached hydrogens (tertiary/aromatic N) is 2. The molecular formula is C13H16Br2N2O2. The van der Waals surface area contributed by atoms with Gasteiger partial charge in [0, 0.05) is 18.7 Å².